The van der Waals surface area contributed by atoms with Gasteiger partial charge in [-0.05, 0) is 42.0 Å². The summed E-state index contributed by atoms with van der Waals surface area (Å²) in [5.41, 5.74) is 1.95. The predicted octanol–water partition coefficient (Wildman–Crippen LogP) is 3.27. The van der Waals surface area contributed by atoms with Crippen molar-refractivity contribution in [2.24, 2.45) is 4.99 Å². The van der Waals surface area contributed by atoms with E-state index in [1.807, 2.05) is 12.3 Å². The van der Waals surface area contributed by atoms with Gasteiger partial charge in [-0.1, -0.05) is 18.9 Å². The van der Waals surface area contributed by atoms with Gasteiger partial charge in [0.15, 0.2) is 0 Å². The van der Waals surface area contributed by atoms with Crippen molar-refractivity contribution in [1.82, 2.24) is 4.98 Å². The molecule has 0 amide bonds. The lowest BCUT2D eigenvalue weighted by Crippen LogP contribution is -2.18. The predicted molar refractivity (Wildman–Crippen MR) is 66.6 cm³/mol. The molecule has 0 radical (unpaired) electrons. The second kappa shape index (κ2) is 3.86. The molecule has 3 rings (SSSR count). The standard InChI is InChI=1S/C14H14N2O/c17-10-16-14(6-1-2-7-14)12-3-4-13-11(9-12)5-8-15-13/h3-5,8-9,15H,1-2,6-7H2. The van der Waals surface area contributed by atoms with Gasteiger partial charge in [-0.3, -0.25) is 0 Å². The Hall–Kier alpha value is -1.86. The third-order valence-electron chi connectivity index (χ3n) is 3.78. The summed E-state index contributed by atoms with van der Waals surface area (Å²) in [6, 6.07) is 8.32. The van der Waals surface area contributed by atoms with Crippen molar-refractivity contribution >= 4 is 17.0 Å². The first-order valence-electron chi connectivity index (χ1n) is 6.01. The minimum absolute atomic E-state index is 0.312. The van der Waals surface area contributed by atoms with E-state index in [-0.39, 0.29) is 5.54 Å². The summed E-state index contributed by atoms with van der Waals surface area (Å²) in [5.74, 6) is 0. The summed E-state index contributed by atoms with van der Waals surface area (Å²) in [7, 11) is 0. The second-order valence-corrected chi connectivity index (χ2v) is 4.72. The van der Waals surface area contributed by atoms with Crippen molar-refractivity contribution in [3.63, 3.8) is 0 Å². The highest BCUT2D eigenvalue weighted by Crippen LogP contribution is 2.42. The van der Waals surface area contributed by atoms with E-state index in [0.29, 0.717) is 0 Å². The molecule has 1 aliphatic rings. The zero-order valence-corrected chi connectivity index (χ0v) is 9.57. The lowest BCUT2D eigenvalue weighted by atomic mass is 9.88. The molecule has 1 aromatic heterocycles. The van der Waals surface area contributed by atoms with Gasteiger partial charge in [0, 0.05) is 11.7 Å². The number of aliphatic imine (C=N–C) groups is 1. The number of aromatic amines is 1. The SMILES string of the molecule is O=C=NC1(c2ccc3[nH]ccc3c2)CCCC1. The number of hydrogen-bond donors (Lipinski definition) is 1. The Kier molecular flexibility index (Phi) is 2.34. The Balaban J connectivity index is 2.14. The Labute approximate surface area is 99.6 Å². The maximum absolute atomic E-state index is 10.7. The van der Waals surface area contributed by atoms with Gasteiger partial charge in [0.1, 0.15) is 0 Å². The number of nitrogens with zero attached hydrogens (tertiary/aromatic N) is 1. The van der Waals surface area contributed by atoms with Crippen LogP contribution >= 0.6 is 0 Å². The Morgan fingerprint density at radius 2 is 2.06 bits per heavy atom. The van der Waals surface area contributed by atoms with Crippen molar-refractivity contribution in [2.75, 3.05) is 0 Å². The fourth-order valence-corrected chi connectivity index (χ4v) is 2.86. The number of nitrogens with one attached hydrogen (secondary N) is 1. The van der Waals surface area contributed by atoms with Crippen molar-refractivity contribution < 1.29 is 4.79 Å². The van der Waals surface area contributed by atoms with Crippen LogP contribution in [0, 0.1) is 0 Å². The maximum atomic E-state index is 10.7. The van der Waals surface area contributed by atoms with Crippen molar-refractivity contribution in [3.8, 4) is 0 Å². The van der Waals surface area contributed by atoms with Crippen LogP contribution in [-0.4, -0.2) is 11.1 Å². The highest BCUT2D eigenvalue weighted by Gasteiger charge is 2.35. The monoisotopic (exact) mass is 226 g/mol. The van der Waals surface area contributed by atoms with Crippen LogP contribution < -0.4 is 0 Å². The lowest BCUT2D eigenvalue weighted by Gasteiger charge is -2.22. The van der Waals surface area contributed by atoms with Gasteiger partial charge in [-0.25, -0.2) is 4.79 Å². The quantitative estimate of drug-likeness (QED) is 0.620. The topological polar surface area (TPSA) is 45.2 Å². The molecule has 1 fully saturated rings. The first-order chi connectivity index (χ1) is 8.34. The average molecular weight is 226 g/mol. The summed E-state index contributed by atoms with van der Waals surface area (Å²) < 4.78 is 0. The minimum Gasteiger partial charge on any atom is -0.361 e. The van der Waals surface area contributed by atoms with Crippen molar-refractivity contribution in [1.29, 1.82) is 0 Å². The molecule has 3 heteroatoms. The van der Waals surface area contributed by atoms with Crippen LogP contribution in [0.15, 0.2) is 35.5 Å². The molecule has 0 aliphatic heterocycles. The highest BCUT2D eigenvalue weighted by atomic mass is 16.1. The zero-order chi connectivity index (χ0) is 11.7. The Morgan fingerprint density at radius 3 is 2.82 bits per heavy atom. The molecule has 1 aliphatic carbocycles. The van der Waals surface area contributed by atoms with E-state index in [1.54, 1.807) is 6.08 Å². The first kappa shape index (κ1) is 10.3. The molecule has 0 bridgehead atoms. The molecule has 1 saturated carbocycles. The van der Waals surface area contributed by atoms with Gasteiger partial charge in [0.25, 0.3) is 0 Å². The van der Waals surface area contributed by atoms with E-state index in [0.717, 1.165) is 36.8 Å². The summed E-state index contributed by atoms with van der Waals surface area (Å²) >= 11 is 0. The Morgan fingerprint density at radius 1 is 1.24 bits per heavy atom. The van der Waals surface area contributed by atoms with Crippen LogP contribution in [0.2, 0.25) is 0 Å². The molecule has 3 nitrogen and oxygen atoms in total. The largest absolute Gasteiger partial charge is 0.361 e. The van der Waals surface area contributed by atoms with Crippen LogP contribution in [-0.2, 0) is 10.3 Å². The van der Waals surface area contributed by atoms with E-state index < -0.39 is 0 Å². The fourth-order valence-electron chi connectivity index (χ4n) is 2.86. The summed E-state index contributed by atoms with van der Waals surface area (Å²) in [4.78, 5) is 17.9. The van der Waals surface area contributed by atoms with E-state index in [2.05, 4.69) is 28.2 Å². The van der Waals surface area contributed by atoms with Crippen LogP contribution in [0.25, 0.3) is 10.9 Å². The number of hydrogen-bond acceptors (Lipinski definition) is 2. The fraction of sp³-hybridized carbons (Fsp3) is 0.357. The van der Waals surface area contributed by atoms with Crippen LogP contribution in [0.3, 0.4) is 0 Å². The molecular weight excluding hydrogens is 212 g/mol. The average Bonchev–Trinajstić information content (AvgIpc) is 2.96. The normalized spacial score (nSPS) is 18.1. The maximum Gasteiger partial charge on any atom is 0.235 e. The second-order valence-electron chi connectivity index (χ2n) is 4.72. The van der Waals surface area contributed by atoms with Gasteiger partial charge in [-0.15, -0.1) is 0 Å². The highest BCUT2D eigenvalue weighted by molar-refractivity contribution is 5.80. The molecule has 2 aromatic rings. The van der Waals surface area contributed by atoms with Gasteiger partial charge >= 0.3 is 0 Å². The summed E-state index contributed by atoms with van der Waals surface area (Å²) in [5, 5.41) is 1.18. The lowest BCUT2D eigenvalue weighted by molar-refractivity contribution is 0.456. The Bertz CT molecular complexity index is 587. The molecule has 86 valence electrons. The third kappa shape index (κ3) is 1.60. The molecule has 0 atom stereocenters. The number of isocyanates is 1. The number of carbonyl (C=O) groups excluding carboxylic acids is 1. The summed E-state index contributed by atoms with van der Waals surface area (Å²) in [6.07, 6.45) is 7.87. The molecule has 1 heterocycles. The number of aromatic nitrogens is 1. The van der Waals surface area contributed by atoms with Gasteiger partial charge in [-0.2, -0.15) is 4.99 Å². The molecular formula is C14H14N2O. The zero-order valence-electron chi connectivity index (χ0n) is 9.57. The third-order valence-corrected chi connectivity index (χ3v) is 3.78. The number of fused-ring (bicyclic) bond motifs is 1. The van der Waals surface area contributed by atoms with E-state index in [1.165, 1.54) is 5.39 Å². The number of rotatable bonds is 2. The van der Waals surface area contributed by atoms with E-state index in [9.17, 15) is 4.79 Å². The minimum atomic E-state index is -0.312. The van der Waals surface area contributed by atoms with Crippen LogP contribution in [0.5, 0.6) is 0 Å². The molecule has 0 unspecified atom stereocenters. The van der Waals surface area contributed by atoms with Gasteiger partial charge in [0.05, 0.1) is 5.54 Å². The molecule has 17 heavy (non-hydrogen) atoms. The van der Waals surface area contributed by atoms with Gasteiger partial charge < -0.3 is 4.98 Å². The van der Waals surface area contributed by atoms with Crippen molar-refractivity contribution in [3.05, 3.63) is 36.0 Å². The van der Waals surface area contributed by atoms with Crippen molar-refractivity contribution in [2.45, 2.75) is 31.2 Å². The number of H-pyrrole nitrogens is 1. The molecule has 1 aromatic carbocycles. The van der Waals surface area contributed by atoms with E-state index in [4.69, 9.17) is 0 Å². The molecule has 1 N–H and O–H groups in total. The first-order valence-corrected chi connectivity index (χ1v) is 6.01. The smallest absolute Gasteiger partial charge is 0.235 e. The van der Waals surface area contributed by atoms with Crippen LogP contribution in [0.1, 0.15) is 31.2 Å². The van der Waals surface area contributed by atoms with Gasteiger partial charge in [0.2, 0.25) is 6.08 Å². The molecule has 0 saturated heterocycles. The van der Waals surface area contributed by atoms with E-state index >= 15 is 0 Å². The summed E-state index contributed by atoms with van der Waals surface area (Å²) in [6.45, 7) is 0. The molecule has 0 spiro atoms. The number of benzene rings is 1. The van der Waals surface area contributed by atoms with Crippen LogP contribution in [0.4, 0.5) is 0 Å².